The molecule has 6 nitrogen and oxygen atoms in total. The molecule has 0 heterocycles. The molecule has 3 N–H and O–H groups in total. The van der Waals surface area contributed by atoms with Gasteiger partial charge >= 0.3 is 5.97 Å². The summed E-state index contributed by atoms with van der Waals surface area (Å²) < 4.78 is 5.92. The molecule has 0 bridgehead atoms. The van der Waals surface area contributed by atoms with Gasteiger partial charge in [-0.15, -0.1) is 0 Å². The van der Waals surface area contributed by atoms with Crippen molar-refractivity contribution in [2.45, 2.75) is 309 Å². The monoisotopic (exact) mass is 860 g/mol. The second-order valence-corrected chi connectivity index (χ2v) is 18.6. The highest BCUT2D eigenvalue weighted by molar-refractivity contribution is 5.77. The van der Waals surface area contributed by atoms with Crippen LogP contribution < -0.4 is 5.32 Å². The molecule has 360 valence electrons. The number of carbonyl (C=O) groups is 2. The molecule has 0 aromatic heterocycles. The molecule has 0 spiro atoms. The van der Waals surface area contributed by atoms with Crippen molar-refractivity contribution in [2.24, 2.45) is 0 Å². The molecule has 0 aliphatic rings. The maximum Gasteiger partial charge on any atom is 0.306 e. The van der Waals surface area contributed by atoms with Crippen LogP contribution in [0.15, 0.2) is 24.3 Å². The lowest BCUT2D eigenvalue weighted by atomic mass is 10.0. The lowest BCUT2D eigenvalue weighted by Crippen LogP contribution is -2.46. The first-order valence-electron chi connectivity index (χ1n) is 27.1. The number of aliphatic hydroxyl groups is 2. The summed E-state index contributed by atoms with van der Waals surface area (Å²) in [6.07, 6.45) is 56.7. The van der Waals surface area contributed by atoms with E-state index in [1.165, 1.54) is 180 Å². The van der Waals surface area contributed by atoms with Gasteiger partial charge in [-0.25, -0.2) is 0 Å². The molecule has 0 saturated heterocycles. The summed E-state index contributed by atoms with van der Waals surface area (Å²) in [5.41, 5.74) is 0. The van der Waals surface area contributed by atoms with E-state index in [0.717, 1.165) is 64.2 Å². The maximum absolute atomic E-state index is 13.2. The van der Waals surface area contributed by atoms with Crippen molar-refractivity contribution in [1.29, 1.82) is 0 Å². The van der Waals surface area contributed by atoms with Crippen molar-refractivity contribution in [1.82, 2.24) is 5.32 Å². The van der Waals surface area contributed by atoms with Crippen LogP contribution >= 0.6 is 0 Å². The third-order valence-electron chi connectivity index (χ3n) is 12.5. The number of allylic oxidation sites excluding steroid dienone is 4. The lowest BCUT2D eigenvalue weighted by molar-refractivity contribution is -0.151. The number of hydrogen-bond donors (Lipinski definition) is 3. The van der Waals surface area contributed by atoms with Crippen molar-refractivity contribution in [3.8, 4) is 0 Å². The van der Waals surface area contributed by atoms with Gasteiger partial charge in [-0.1, -0.05) is 225 Å². The third-order valence-corrected chi connectivity index (χ3v) is 12.5. The molecule has 6 heteroatoms. The first-order valence-corrected chi connectivity index (χ1v) is 27.1. The molecular formula is C55H105NO5. The second-order valence-electron chi connectivity index (χ2n) is 18.6. The molecule has 0 aromatic carbocycles. The van der Waals surface area contributed by atoms with Crippen LogP contribution in [0.3, 0.4) is 0 Å². The van der Waals surface area contributed by atoms with E-state index in [2.05, 4.69) is 50.4 Å². The molecule has 0 aromatic rings. The summed E-state index contributed by atoms with van der Waals surface area (Å²) in [5, 5.41) is 23.8. The number of carbonyl (C=O) groups excluding carboxylic acids is 2. The van der Waals surface area contributed by atoms with Crippen molar-refractivity contribution in [3.05, 3.63) is 24.3 Å². The van der Waals surface area contributed by atoms with Crippen LogP contribution in [0.5, 0.6) is 0 Å². The molecule has 1 amide bonds. The fraction of sp³-hybridized carbons (Fsp3) is 0.891. The molecule has 3 atom stereocenters. The first-order chi connectivity index (χ1) is 30.0. The van der Waals surface area contributed by atoms with Crippen LogP contribution in [0.1, 0.15) is 290 Å². The number of hydrogen-bond acceptors (Lipinski definition) is 5. The Morgan fingerprint density at radius 3 is 1.23 bits per heavy atom. The number of ether oxygens (including phenoxy) is 1. The Bertz CT molecular complexity index is 966. The standard InChI is InChI=1S/C55H105NO5/c1-4-7-10-13-16-19-22-24-26-27-29-30-32-35-38-41-44-47-53(58)52(50-57)56-54(59)49-51(46-43-40-37-34-21-18-15-12-9-6-3)61-55(60)48-45-42-39-36-33-31-28-25-23-20-17-14-11-8-5-2/h18,20-21,23,51-53,57-58H,4-17,19,22,24-50H2,1-3H3,(H,56,59)/b21-18-,23-20-. The highest BCUT2D eigenvalue weighted by Crippen LogP contribution is 2.18. The Morgan fingerprint density at radius 2 is 0.787 bits per heavy atom. The van der Waals surface area contributed by atoms with Gasteiger partial charge in [-0.3, -0.25) is 9.59 Å². The number of unbranched alkanes of at least 4 members (excludes halogenated alkanes) is 33. The molecule has 0 saturated carbocycles. The predicted octanol–water partition coefficient (Wildman–Crippen LogP) is 16.3. The van der Waals surface area contributed by atoms with Crippen molar-refractivity contribution < 1.29 is 24.5 Å². The summed E-state index contributed by atoms with van der Waals surface area (Å²) in [7, 11) is 0. The average molecular weight is 860 g/mol. The Morgan fingerprint density at radius 1 is 0.459 bits per heavy atom. The normalized spacial score (nSPS) is 13.3. The van der Waals surface area contributed by atoms with E-state index in [-0.39, 0.29) is 24.9 Å². The van der Waals surface area contributed by atoms with E-state index < -0.39 is 18.2 Å². The van der Waals surface area contributed by atoms with Crippen LogP contribution in [-0.2, 0) is 14.3 Å². The van der Waals surface area contributed by atoms with Gasteiger partial charge in [0.05, 0.1) is 25.2 Å². The largest absolute Gasteiger partial charge is 0.462 e. The van der Waals surface area contributed by atoms with Crippen LogP contribution in [0.2, 0.25) is 0 Å². The molecule has 3 unspecified atom stereocenters. The Kier molecular flexibility index (Phi) is 48.0. The van der Waals surface area contributed by atoms with E-state index in [4.69, 9.17) is 4.74 Å². The smallest absolute Gasteiger partial charge is 0.306 e. The number of esters is 1. The van der Waals surface area contributed by atoms with Gasteiger partial charge < -0.3 is 20.3 Å². The minimum Gasteiger partial charge on any atom is -0.462 e. The zero-order chi connectivity index (χ0) is 44.5. The van der Waals surface area contributed by atoms with Gasteiger partial charge in [0.2, 0.25) is 5.91 Å². The van der Waals surface area contributed by atoms with E-state index in [0.29, 0.717) is 19.3 Å². The highest BCUT2D eigenvalue weighted by atomic mass is 16.5. The van der Waals surface area contributed by atoms with E-state index in [1.807, 2.05) is 0 Å². The zero-order valence-corrected chi connectivity index (χ0v) is 41.1. The van der Waals surface area contributed by atoms with Gasteiger partial charge in [0.1, 0.15) is 6.10 Å². The van der Waals surface area contributed by atoms with E-state index in [1.54, 1.807) is 0 Å². The molecule has 0 aliphatic heterocycles. The highest BCUT2D eigenvalue weighted by Gasteiger charge is 2.24. The molecular weight excluding hydrogens is 755 g/mol. The summed E-state index contributed by atoms with van der Waals surface area (Å²) in [4.78, 5) is 26.1. The van der Waals surface area contributed by atoms with Crippen LogP contribution in [0.4, 0.5) is 0 Å². The number of aliphatic hydroxyl groups excluding tert-OH is 2. The summed E-state index contributed by atoms with van der Waals surface area (Å²) >= 11 is 0. The molecule has 61 heavy (non-hydrogen) atoms. The second kappa shape index (κ2) is 49.4. The predicted molar refractivity (Wildman–Crippen MR) is 264 cm³/mol. The first kappa shape index (κ1) is 59.3. The number of rotatable bonds is 49. The maximum atomic E-state index is 13.2. The van der Waals surface area contributed by atoms with Gasteiger partial charge in [-0.05, 0) is 77.0 Å². The molecule has 0 radical (unpaired) electrons. The fourth-order valence-corrected chi connectivity index (χ4v) is 8.36. The third kappa shape index (κ3) is 44.7. The molecule has 0 fully saturated rings. The Hall–Kier alpha value is -1.66. The number of nitrogens with one attached hydrogen (secondary N) is 1. The summed E-state index contributed by atoms with van der Waals surface area (Å²) in [6.45, 7) is 6.46. The Balaban J connectivity index is 4.43. The van der Waals surface area contributed by atoms with Crippen LogP contribution in [-0.4, -0.2) is 46.9 Å². The minimum atomic E-state index is -0.789. The van der Waals surface area contributed by atoms with Gasteiger partial charge in [0.25, 0.3) is 0 Å². The average Bonchev–Trinajstić information content (AvgIpc) is 3.25. The SMILES string of the molecule is CCCCC/C=C\CCCCCC(CC(=O)NC(CO)C(O)CCCCCCCCCCCCCCCCCCC)OC(=O)CCCCCCCCC/C=C\CCCCCC. The van der Waals surface area contributed by atoms with Gasteiger partial charge in [-0.2, -0.15) is 0 Å². The molecule has 0 aliphatic carbocycles. The topological polar surface area (TPSA) is 95.9 Å². The van der Waals surface area contributed by atoms with Gasteiger partial charge in [0, 0.05) is 6.42 Å². The Labute approximate surface area is 380 Å². The number of amides is 1. The summed E-state index contributed by atoms with van der Waals surface area (Å²) in [6, 6.07) is -0.703. The van der Waals surface area contributed by atoms with Crippen molar-refractivity contribution >= 4 is 11.9 Å². The van der Waals surface area contributed by atoms with Crippen LogP contribution in [0, 0.1) is 0 Å². The summed E-state index contributed by atoms with van der Waals surface area (Å²) in [5.74, 6) is -0.484. The fourth-order valence-electron chi connectivity index (χ4n) is 8.36. The lowest BCUT2D eigenvalue weighted by Gasteiger charge is -2.24. The van der Waals surface area contributed by atoms with E-state index >= 15 is 0 Å². The van der Waals surface area contributed by atoms with E-state index in [9.17, 15) is 19.8 Å². The zero-order valence-electron chi connectivity index (χ0n) is 41.1. The molecule has 0 rings (SSSR count). The minimum absolute atomic E-state index is 0.0689. The van der Waals surface area contributed by atoms with Crippen molar-refractivity contribution in [2.75, 3.05) is 6.61 Å². The van der Waals surface area contributed by atoms with Crippen molar-refractivity contribution in [3.63, 3.8) is 0 Å². The van der Waals surface area contributed by atoms with Gasteiger partial charge in [0.15, 0.2) is 0 Å². The van der Waals surface area contributed by atoms with Crippen LogP contribution in [0.25, 0.3) is 0 Å². The quantitative estimate of drug-likeness (QED) is 0.0322.